The second-order valence-electron chi connectivity index (χ2n) is 4.53. The van der Waals surface area contributed by atoms with Gasteiger partial charge in [-0.3, -0.25) is 10.1 Å². The van der Waals surface area contributed by atoms with Crippen molar-refractivity contribution in [1.29, 1.82) is 5.26 Å². The predicted molar refractivity (Wildman–Crippen MR) is 77.6 cm³/mol. The number of esters is 1. The number of carbonyl (C=O) groups is 1. The van der Waals surface area contributed by atoms with E-state index in [1.165, 1.54) is 22.9 Å². The van der Waals surface area contributed by atoms with Crippen molar-refractivity contribution in [3.63, 3.8) is 0 Å². The first-order valence-electron chi connectivity index (χ1n) is 6.15. The molecule has 0 saturated heterocycles. The van der Waals surface area contributed by atoms with Crippen molar-refractivity contribution in [3.05, 3.63) is 51.3 Å². The summed E-state index contributed by atoms with van der Waals surface area (Å²) in [4.78, 5) is 22.6. The van der Waals surface area contributed by atoms with Gasteiger partial charge in [0.25, 0.3) is 5.69 Å². The zero-order chi connectivity index (χ0) is 16.4. The van der Waals surface area contributed by atoms with Crippen molar-refractivity contribution in [2.45, 2.75) is 6.92 Å². The lowest BCUT2D eigenvalue weighted by atomic mass is 10.2. The van der Waals surface area contributed by atoms with Crippen LogP contribution in [-0.4, -0.2) is 22.6 Å². The van der Waals surface area contributed by atoms with Crippen LogP contribution in [0.4, 0.5) is 11.4 Å². The fourth-order valence-electron chi connectivity index (χ4n) is 2.09. The van der Waals surface area contributed by atoms with Gasteiger partial charge in [0.15, 0.2) is 5.69 Å². The van der Waals surface area contributed by atoms with Gasteiger partial charge in [-0.2, -0.15) is 5.26 Å². The molecular weight excluding hydrogens is 288 g/mol. The Morgan fingerprint density at radius 1 is 1.50 bits per heavy atom. The summed E-state index contributed by atoms with van der Waals surface area (Å²) >= 11 is 0. The molecule has 0 aliphatic heterocycles. The van der Waals surface area contributed by atoms with Crippen molar-refractivity contribution in [3.8, 4) is 11.8 Å². The number of nitrogen functional groups attached to an aromatic ring is 1. The minimum absolute atomic E-state index is 0.0373. The number of nitro benzene ring substituents is 1. The van der Waals surface area contributed by atoms with E-state index < -0.39 is 10.9 Å². The van der Waals surface area contributed by atoms with Gasteiger partial charge in [-0.05, 0) is 18.6 Å². The Morgan fingerprint density at radius 2 is 2.18 bits per heavy atom. The van der Waals surface area contributed by atoms with Crippen LogP contribution in [-0.2, 0) is 4.74 Å². The Hall–Kier alpha value is -3.34. The quantitative estimate of drug-likeness (QED) is 0.524. The lowest BCUT2D eigenvalue weighted by molar-refractivity contribution is -0.384. The number of hydrogen-bond acceptors (Lipinski definition) is 6. The van der Waals surface area contributed by atoms with Crippen molar-refractivity contribution in [1.82, 2.24) is 4.57 Å². The number of ether oxygens (including phenoxy) is 1. The van der Waals surface area contributed by atoms with Gasteiger partial charge in [0.1, 0.15) is 11.8 Å². The molecule has 1 aromatic heterocycles. The molecule has 0 bridgehead atoms. The SMILES string of the molecule is COC(=O)c1c(N)c(C#N)cn1-c1ccc(C)cc1[N+](=O)[O-]. The maximum absolute atomic E-state index is 11.9. The largest absolute Gasteiger partial charge is 0.464 e. The van der Waals surface area contributed by atoms with Gasteiger partial charge in [0.2, 0.25) is 0 Å². The molecule has 8 nitrogen and oxygen atoms in total. The first kappa shape index (κ1) is 15.1. The van der Waals surface area contributed by atoms with Gasteiger partial charge >= 0.3 is 5.97 Å². The molecular formula is C14H12N4O4. The number of benzene rings is 1. The number of hydrogen-bond donors (Lipinski definition) is 1. The normalized spacial score (nSPS) is 10.0. The van der Waals surface area contributed by atoms with Crippen LogP contribution in [0.2, 0.25) is 0 Å². The maximum atomic E-state index is 11.9. The van der Waals surface area contributed by atoms with Crippen molar-refractivity contribution in [2.75, 3.05) is 12.8 Å². The second-order valence-corrected chi connectivity index (χ2v) is 4.53. The molecule has 0 spiro atoms. The molecule has 0 aliphatic carbocycles. The smallest absolute Gasteiger partial charge is 0.357 e. The zero-order valence-corrected chi connectivity index (χ0v) is 11.9. The van der Waals surface area contributed by atoms with E-state index in [-0.39, 0.29) is 28.3 Å². The highest BCUT2D eigenvalue weighted by molar-refractivity contribution is 5.96. The highest BCUT2D eigenvalue weighted by Crippen LogP contribution is 2.30. The summed E-state index contributed by atoms with van der Waals surface area (Å²) in [7, 11) is 1.16. The first-order valence-corrected chi connectivity index (χ1v) is 6.15. The van der Waals surface area contributed by atoms with Crippen LogP contribution >= 0.6 is 0 Å². The van der Waals surface area contributed by atoms with E-state index in [1.54, 1.807) is 13.0 Å². The summed E-state index contributed by atoms with van der Waals surface area (Å²) in [5.74, 6) is -0.783. The number of carbonyl (C=O) groups excluding carboxylic acids is 1. The Kier molecular flexibility index (Phi) is 3.81. The highest BCUT2D eigenvalue weighted by atomic mass is 16.6. The number of anilines is 1. The van der Waals surface area contributed by atoms with Crippen LogP contribution < -0.4 is 5.73 Å². The van der Waals surface area contributed by atoms with Crippen molar-refractivity contribution < 1.29 is 14.5 Å². The van der Waals surface area contributed by atoms with E-state index in [0.29, 0.717) is 5.56 Å². The van der Waals surface area contributed by atoms with E-state index in [2.05, 4.69) is 4.74 Å². The summed E-state index contributed by atoms with van der Waals surface area (Å²) in [5.41, 5.74) is 6.22. The lowest BCUT2D eigenvalue weighted by Gasteiger charge is -2.09. The third-order valence-corrected chi connectivity index (χ3v) is 3.13. The Bertz CT molecular complexity index is 817. The van der Waals surface area contributed by atoms with E-state index >= 15 is 0 Å². The number of methoxy groups -OCH3 is 1. The second kappa shape index (κ2) is 5.57. The average Bonchev–Trinajstić information content (AvgIpc) is 2.83. The van der Waals surface area contributed by atoms with Gasteiger partial charge in [0.05, 0.1) is 23.3 Å². The zero-order valence-electron chi connectivity index (χ0n) is 11.9. The molecule has 0 radical (unpaired) electrons. The van der Waals surface area contributed by atoms with Crippen LogP contribution in [0.25, 0.3) is 5.69 Å². The summed E-state index contributed by atoms with van der Waals surface area (Å²) in [5, 5.41) is 20.3. The maximum Gasteiger partial charge on any atom is 0.357 e. The standard InChI is InChI=1S/C14H12N4O4/c1-8-3-4-10(11(5-8)18(20)21)17-7-9(6-15)12(16)13(17)14(19)22-2/h3-5,7H,16H2,1-2H3. The number of nitrogens with two attached hydrogens (primary N) is 1. The van der Waals surface area contributed by atoms with Crippen LogP contribution in [0.5, 0.6) is 0 Å². The van der Waals surface area contributed by atoms with Gasteiger partial charge in [-0.15, -0.1) is 0 Å². The lowest BCUT2D eigenvalue weighted by Crippen LogP contribution is -2.12. The van der Waals surface area contributed by atoms with Crippen LogP contribution in [0.1, 0.15) is 21.6 Å². The molecule has 2 N–H and O–H groups in total. The molecule has 1 aromatic carbocycles. The molecule has 0 aliphatic rings. The minimum Gasteiger partial charge on any atom is -0.464 e. The van der Waals surface area contributed by atoms with Crippen LogP contribution in [0.3, 0.4) is 0 Å². The van der Waals surface area contributed by atoms with Gasteiger partial charge in [-0.25, -0.2) is 4.79 Å². The Balaban J connectivity index is 2.81. The molecule has 22 heavy (non-hydrogen) atoms. The first-order chi connectivity index (χ1) is 10.4. The van der Waals surface area contributed by atoms with Crippen LogP contribution in [0.15, 0.2) is 24.4 Å². The summed E-state index contributed by atoms with van der Waals surface area (Å²) in [6, 6.07) is 6.36. The molecule has 2 rings (SSSR count). The molecule has 0 unspecified atom stereocenters. The molecule has 0 fully saturated rings. The number of nitriles is 1. The summed E-state index contributed by atoms with van der Waals surface area (Å²) in [6.07, 6.45) is 1.28. The Morgan fingerprint density at radius 3 is 2.73 bits per heavy atom. The molecule has 112 valence electrons. The third kappa shape index (κ3) is 2.35. The van der Waals surface area contributed by atoms with E-state index in [0.717, 1.165) is 7.11 Å². The van der Waals surface area contributed by atoms with Crippen molar-refractivity contribution in [2.24, 2.45) is 0 Å². The van der Waals surface area contributed by atoms with Gasteiger partial charge < -0.3 is 15.0 Å². The minimum atomic E-state index is -0.783. The van der Waals surface area contributed by atoms with E-state index in [4.69, 9.17) is 11.0 Å². The molecule has 0 amide bonds. The average molecular weight is 300 g/mol. The number of nitrogens with zero attached hydrogens (tertiary/aromatic N) is 3. The van der Waals surface area contributed by atoms with Gasteiger partial charge in [0, 0.05) is 12.3 Å². The van der Waals surface area contributed by atoms with E-state index in [9.17, 15) is 14.9 Å². The fourth-order valence-corrected chi connectivity index (χ4v) is 2.09. The molecule has 2 aromatic rings. The van der Waals surface area contributed by atoms with E-state index in [1.807, 2.05) is 6.07 Å². The van der Waals surface area contributed by atoms with Gasteiger partial charge in [-0.1, -0.05) is 6.07 Å². The summed E-state index contributed by atoms with van der Waals surface area (Å²) in [6.45, 7) is 1.71. The fraction of sp³-hybridized carbons (Fsp3) is 0.143. The predicted octanol–water partition coefficient (Wildman–Crippen LogP) is 1.93. The highest BCUT2D eigenvalue weighted by Gasteiger charge is 2.25. The summed E-state index contributed by atoms with van der Waals surface area (Å²) < 4.78 is 5.85. The monoisotopic (exact) mass is 300 g/mol. The number of aromatic nitrogens is 1. The Labute approximate surface area is 125 Å². The molecule has 1 heterocycles. The van der Waals surface area contributed by atoms with Crippen LogP contribution in [0, 0.1) is 28.4 Å². The molecule has 0 atom stereocenters. The number of aryl methyl sites for hydroxylation is 1. The van der Waals surface area contributed by atoms with Crippen molar-refractivity contribution >= 4 is 17.3 Å². The topological polar surface area (TPSA) is 124 Å². The molecule has 8 heteroatoms. The number of nitro groups is 1. The third-order valence-electron chi connectivity index (χ3n) is 3.13. The molecule has 0 saturated carbocycles. The number of rotatable bonds is 3.